The Kier molecular flexibility index (Phi) is 3.89. The van der Waals surface area contributed by atoms with Crippen molar-refractivity contribution in [1.29, 1.82) is 0 Å². The summed E-state index contributed by atoms with van der Waals surface area (Å²) in [5.74, 6) is -0.243. The van der Waals surface area contributed by atoms with Gasteiger partial charge in [-0.05, 0) is 29.3 Å². The van der Waals surface area contributed by atoms with E-state index in [4.69, 9.17) is 0 Å². The van der Waals surface area contributed by atoms with Gasteiger partial charge in [-0.1, -0.05) is 24.8 Å². The van der Waals surface area contributed by atoms with Crippen molar-refractivity contribution >= 4 is 22.7 Å². The molecule has 1 saturated heterocycles. The lowest BCUT2D eigenvalue weighted by molar-refractivity contribution is 0.0790. The normalized spacial score (nSPS) is 15.9. The maximum Gasteiger partial charge on any atom is 0.190 e. The Bertz CT molecular complexity index is 610. The molecule has 21 heavy (non-hydrogen) atoms. The molecule has 0 aliphatic carbocycles. The van der Waals surface area contributed by atoms with Gasteiger partial charge in [-0.2, -0.15) is 0 Å². The van der Waals surface area contributed by atoms with Gasteiger partial charge in [0.2, 0.25) is 0 Å². The van der Waals surface area contributed by atoms with E-state index < -0.39 is 5.60 Å². The van der Waals surface area contributed by atoms with Gasteiger partial charge in [-0.25, -0.2) is 0 Å². The summed E-state index contributed by atoms with van der Waals surface area (Å²) in [7, 11) is 0. The van der Waals surface area contributed by atoms with Crippen molar-refractivity contribution in [2.75, 3.05) is 13.1 Å². The number of hydrogen-bond donors (Lipinski definition) is 2. The van der Waals surface area contributed by atoms with Crippen molar-refractivity contribution in [3.8, 4) is 0 Å². The van der Waals surface area contributed by atoms with Crippen molar-refractivity contribution in [3.05, 3.63) is 68.9 Å². The molecule has 0 bridgehead atoms. The number of fused-ring (bicyclic) bond motifs is 1. The van der Waals surface area contributed by atoms with Gasteiger partial charge in [0.1, 0.15) is 5.76 Å². The summed E-state index contributed by atoms with van der Waals surface area (Å²) >= 11 is 2.78. The zero-order valence-electron chi connectivity index (χ0n) is 11.5. The summed E-state index contributed by atoms with van der Waals surface area (Å²) in [4.78, 5) is 3.75. The highest BCUT2D eigenvalue weighted by molar-refractivity contribution is 7.11. The van der Waals surface area contributed by atoms with E-state index in [-0.39, 0.29) is 5.76 Å². The molecule has 0 saturated carbocycles. The largest absolute Gasteiger partial charge is 0.509 e. The van der Waals surface area contributed by atoms with Crippen LogP contribution in [0.3, 0.4) is 0 Å². The Morgan fingerprint density at radius 2 is 1.81 bits per heavy atom. The summed E-state index contributed by atoms with van der Waals surface area (Å²) in [6.45, 7) is 6.04. The lowest BCUT2D eigenvalue weighted by Crippen LogP contribution is -2.27. The number of nitrogens with zero attached hydrogens (tertiary/aromatic N) is 1. The molecule has 0 radical (unpaired) electrons. The first-order valence-corrected chi connectivity index (χ1v) is 8.51. The first kappa shape index (κ1) is 14.4. The molecular formula is C16H17NO2S2. The van der Waals surface area contributed by atoms with Crippen LogP contribution in [0.5, 0.6) is 0 Å². The zero-order chi connectivity index (χ0) is 14.9. The summed E-state index contributed by atoms with van der Waals surface area (Å²) < 4.78 is 0. The molecule has 0 atom stereocenters. The predicted octanol–water partition coefficient (Wildman–Crippen LogP) is 3.71. The van der Waals surface area contributed by atoms with Crippen LogP contribution in [0, 0.1) is 0 Å². The summed E-state index contributed by atoms with van der Waals surface area (Å²) in [6.07, 6.45) is 3.62. The van der Waals surface area contributed by atoms with Crippen LogP contribution in [0.2, 0.25) is 0 Å². The SMILES string of the molecule is C1=C2CN2CC1.C=C(O)C(O)(c1cccs1)c1cccs1. The van der Waals surface area contributed by atoms with Crippen LogP contribution < -0.4 is 0 Å². The van der Waals surface area contributed by atoms with Crippen LogP contribution in [-0.2, 0) is 5.60 Å². The quantitative estimate of drug-likeness (QED) is 0.669. The van der Waals surface area contributed by atoms with Gasteiger partial charge in [0.25, 0.3) is 0 Å². The van der Waals surface area contributed by atoms with E-state index in [1.165, 1.54) is 42.2 Å². The minimum atomic E-state index is -1.46. The maximum atomic E-state index is 10.5. The molecule has 110 valence electrons. The molecular weight excluding hydrogens is 302 g/mol. The molecule has 2 aliphatic rings. The highest BCUT2D eigenvalue weighted by Crippen LogP contribution is 2.39. The molecule has 3 nitrogen and oxygen atoms in total. The third-order valence-electron chi connectivity index (χ3n) is 3.61. The van der Waals surface area contributed by atoms with Crippen LogP contribution in [-0.4, -0.2) is 28.2 Å². The molecule has 4 rings (SSSR count). The first-order valence-electron chi connectivity index (χ1n) is 6.75. The zero-order valence-corrected chi connectivity index (χ0v) is 13.2. The number of aliphatic hydroxyl groups excluding tert-OH is 1. The van der Waals surface area contributed by atoms with Crippen molar-refractivity contribution < 1.29 is 10.2 Å². The van der Waals surface area contributed by atoms with Gasteiger partial charge in [-0.15, -0.1) is 22.7 Å². The van der Waals surface area contributed by atoms with Gasteiger partial charge in [0.05, 0.1) is 6.54 Å². The third kappa shape index (κ3) is 2.77. The molecule has 2 aromatic rings. The number of aliphatic hydroxyl groups is 2. The van der Waals surface area contributed by atoms with Crippen LogP contribution in [0.15, 0.2) is 59.1 Å². The molecule has 0 unspecified atom stereocenters. The van der Waals surface area contributed by atoms with E-state index >= 15 is 0 Å². The van der Waals surface area contributed by atoms with Crippen molar-refractivity contribution in [2.45, 2.75) is 12.0 Å². The third-order valence-corrected chi connectivity index (χ3v) is 5.57. The lowest BCUT2D eigenvalue weighted by atomic mass is 9.98. The Morgan fingerprint density at radius 1 is 1.19 bits per heavy atom. The highest BCUT2D eigenvalue weighted by Gasteiger charge is 2.37. The topological polar surface area (TPSA) is 43.5 Å². The predicted molar refractivity (Wildman–Crippen MR) is 87.7 cm³/mol. The molecule has 2 N–H and O–H groups in total. The fourth-order valence-corrected chi connectivity index (χ4v) is 4.12. The fourth-order valence-electron chi connectivity index (χ4n) is 2.34. The second-order valence-electron chi connectivity index (χ2n) is 5.02. The smallest absolute Gasteiger partial charge is 0.190 e. The van der Waals surface area contributed by atoms with E-state index in [1.807, 2.05) is 22.9 Å². The van der Waals surface area contributed by atoms with Crippen LogP contribution in [0.4, 0.5) is 0 Å². The molecule has 2 aromatic heterocycles. The second-order valence-corrected chi connectivity index (χ2v) is 6.91. The fraction of sp³-hybridized carbons (Fsp3) is 0.250. The minimum absolute atomic E-state index is 0.243. The molecule has 0 spiro atoms. The average molecular weight is 319 g/mol. The van der Waals surface area contributed by atoms with Crippen LogP contribution in [0.1, 0.15) is 16.2 Å². The number of rotatable bonds is 3. The van der Waals surface area contributed by atoms with Gasteiger partial charge in [-0.3, -0.25) is 0 Å². The van der Waals surface area contributed by atoms with E-state index in [2.05, 4.69) is 17.6 Å². The molecule has 1 fully saturated rings. The molecule has 0 amide bonds. The Morgan fingerprint density at radius 3 is 2.05 bits per heavy atom. The molecule has 2 aliphatic heterocycles. The van der Waals surface area contributed by atoms with Crippen molar-refractivity contribution in [3.63, 3.8) is 0 Å². The standard InChI is InChI=1S/C11H10O2S2.C5H7N/c1-8(12)11(13,9-4-2-6-14-9)10-5-3-7-15-10;1-2-5-4-6(5)3-1/h2-7,12-13H,1H2;2H,1,3-4H2. The van der Waals surface area contributed by atoms with E-state index in [0.29, 0.717) is 9.75 Å². The second kappa shape index (κ2) is 5.67. The van der Waals surface area contributed by atoms with Gasteiger partial charge in [0, 0.05) is 22.0 Å². The van der Waals surface area contributed by atoms with Gasteiger partial charge < -0.3 is 15.1 Å². The first-order chi connectivity index (χ1) is 10.1. The van der Waals surface area contributed by atoms with Gasteiger partial charge >= 0.3 is 0 Å². The number of thiophene rings is 2. The summed E-state index contributed by atoms with van der Waals surface area (Å²) in [6, 6.07) is 7.24. The minimum Gasteiger partial charge on any atom is -0.509 e. The van der Waals surface area contributed by atoms with Crippen LogP contribution in [0.25, 0.3) is 0 Å². The van der Waals surface area contributed by atoms with Crippen molar-refractivity contribution in [1.82, 2.24) is 4.90 Å². The van der Waals surface area contributed by atoms with E-state index in [9.17, 15) is 10.2 Å². The molecule has 4 heterocycles. The Balaban J connectivity index is 0.000000180. The monoisotopic (exact) mass is 319 g/mol. The maximum absolute atomic E-state index is 10.5. The van der Waals surface area contributed by atoms with E-state index in [1.54, 1.807) is 17.8 Å². The Hall–Kier alpha value is -1.56. The van der Waals surface area contributed by atoms with E-state index in [0.717, 1.165) is 0 Å². The molecule has 5 heteroatoms. The summed E-state index contributed by atoms with van der Waals surface area (Å²) in [5, 5.41) is 23.8. The number of hydrogen-bond acceptors (Lipinski definition) is 5. The molecule has 0 aromatic carbocycles. The van der Waals surface area contributed by atoms with Crippen molar-refractivity contribution in [2.24, 2.45) is 0 Å². The van der Waals surface area contributed by atoms with Crippen LogP contribution >= 0.6 is 22.7 Å². The Labute approximate surface area is 132 Å². The average Bonchev–Trinajstić information content (AvgIpc) is 3.04. The summed E-state index contributed by atoms with van der Waals surface area (Å²) in [5.41, 5.74) is 0.123. The highest BCUT2D eigenvalue weighted by atomic mass is 32.1. The van der Waals surface area contributed by atoms with Gasteiger partial charge in [0.15, 0.2) is 5.60 Å². The lowest BCUT2D eigenvalue weighted by Gasteiger charge is -2.24.